The number of hydrogen-bond acceptors (Lipinski definition) is 2. The Labute approximate surface area is 98.8 Å². The monoisotopic (exact) mass is 221 g/mol. The average Bonchev–Trinajstić information content (AvgIpc) is 2.28. The van der Waals surface area contributed by atoms with Gasteiger partial charge in [0.1, 0.15) is 5.75 Å². The van der Waals surface area contributed by atoms with E-state index in [4.69, 9.17) is 10.5 Å². The van der Waals surface area contributed by atoms with Crippen LogP contribution in [0.2, 0.25) is 0 Å². The summed E-state index contributed by atoms with van der Waals surface area (Å²) in [4.78, 5) is 0. The molecule has 1 rings (SSSR count). The Kier molecular flexibility index (Phi) is 4.81. The second-order valence-electron chi connectivity index (χ2n) is 4.65. The Balaban J connectivity index is 2.64. The van der Waals surface area contributed by atoms with Gasteiger partial charge in [-0.15, -0.1) is 0 Å². The van der Waals surface area contributed by atoms with E-state index in [9.17, 15) is 0 Å². The van der Waals surface area contributed by atoms with Crippen LogP contribution in [0.15, 0.2) is 24.3 Å². The van der Waals surface area contributed by atoms with Crippen LogP contribution in [0.25, 0.3) is 0 Å². The van der Waals surface area contributed by atoms with Gasteiger partial charge in [0.25, 0.3) is 0 Å². The van der Waals surface area contributed by atoms with E-state index in [0.29, 0.717) is 5.92 Å². The maximum Gasteiger partial charge on any atom is 0.119 e. The molecule has 16 heavy (non-hydrogen) atoms. The largest absolute Gasteiger partial charge is 0.490 e. The maximum atomic E-state index is 5.95. The molecule has 0 aliphatic rings. The molecule has 0 heterocycles. The van der Waals surface area contributed by atoms with Gasteiger partial charge in [0.05, 0.1) is 6.10 Å². The number of hydrogen-bond donors (Lipinski definition) is 1. The topological polar surface area (TPSA) is 35.2 Å². The molecule has 0 aliphatic carbocycles. The van der Waals surface area contributed by atoms with Crippen molar-refractivity contribution in [2.75, 3.05) is 0 Å². The van der Waals surface area contributed by atoms with Gasteiger partial charge in [-0.1, -0.05) is 32.9 Å². The van der Waals surface area contributed by atoms with E-state index in [1.165, 1.54) is 5.56 Å². The quantitative estimate of drug-likeness (QED) is 0.825. The van der Waals surface area contributed by atoms with E-state index in [2.05, 4.69) is 39.8 Å². The molecule has 2 nitrogen and oxygen atoms in total. The van der Waals surface area contributed by atoms with Gasteiger partial charge in [-0.25, -0.2) is 0 Å². The van der Waals surface area contributed by atoms with Crippen molar-refractivity contribution in [2.45, 2.75) is 46.3 Å². The van der Waals surface area contributed by atoms with Gasteiger partial charge in [-0.3, -0.25) is 0 Å². The summed E-state index contributed by atoms with van der Waals surface area (Å²) in [6.45, 7) is 8.50. The first-order chi connectivity index (χ1) is 7.54. The Hall–Kier alpha value is -1.02. The first kappa shape index (κ1) is 13.0. The average molecular weight is 221 g/mol. The molecule has 1 aromatic carbocycles. The van der Waals surface area contributed by atoms with Crippen LogP contribution in [-0.4, -0.2) is 6.10 Å². The molecule has 0 aromatic heterocycles. The third-order valence-electron chi connectivity index (χ3n) is 3.01. The summed E-state index contributed by atoms with van der Waals surface area (Å²) < 4.78 is 5.80. The molecule has 0 bridgehead atoms. The van der Waals surface area contributed by atoms with Gasteiger partial charge in [-0.2, -0.15) is 0 Å². The van der Waals surface area contributed by atoms with Crippen molar-refractivity contribution in [1.29, 1.82) is 0 Å². The Morgan fingerprint density at radius 2 is 1.69 bits per heavy atom. The normalized spacial score (nSPS) is 14.9. The van der Waals surface area contributed by atoms with Gasteiger partial charge in [-0.05, 0) is 37.0 Å². The highest BCUT2D eigenvalue weighted by atomic mass is 16.5. The second-order valence-corrected chi connectivity index (χ2v) is 4.65. The predicted octanol–water partition coefficient (Wildman–Crippen LogP) is 3.52. The van der Waals surface area contributed by atoms with Crippen molar-refractivity contribution in [3.63, 3.8) is 0 Å². The molecule has 0 amide bonds. The lowest BCUT2D eigenvalue weighted by Gasteiger charge is -2.18. The van der Waals surface area contributed by atoms with Crippen LogP contribution < -0.4 is 10.5 Å². The summed E-state index contributed by atoms with van der Waals surface area (Å²) in [7, 11) is 0. The summed E-state index contributed by atoms with van der Waals surface area (Å²) in [5.74, 6) is 1.45. The minimum atomic E-state index is 0.136. The molecule has 1 aromatic rings. The fourth-order valence-corrected chi connectivity index (χ4v) is 1.38. The maximum absolute atomic E-state index is 5.95. The van der Waals surface area contributed by atoms with Crippen molar-refractivity contribution in [3.8, 4) is 5.75 Å². The van der Waals surface area contributed by atoms with Crippen molar-refractivity contribution in [1.82, 2.24) is 0 Å². The fourth-order valence-electron chi connectivity index (χ4n) is 1.38. The van der Waals surface area contributed by atoms with Gasteiger partial charge < -0.3 is 10.5 Å². The third-order valence-corrected chi connectivity index (χ3v) is 3.01. The van der Waals surface area contributed by atoms with E-state index < -0.39 is 0 Å². The highest BCUT2D eigenvalue weighted by Gasteiger charge is 2.09. The van der Waals surface area contributed by atoms with E-state index in [1.807, 2.05) is 12.1 Å². The van der Waals surface area contributed by atoms with Crippen LogP contribution >= 0.6 is 0 Å². The van der Waals surface area contributed by atoms with Gasteiger partial charge in [0.15, 0.2) is 0 Å². The molecule has 0 saturated heterocycles. The highest BCUT2D eigenvalue weighted by Crippen LogP contribution is 2.20. The molecule has 0 saturated carbocycles. The Morgan fingerprint density at radius 3 is 2.12 bits per heavy atom. The Bertz CT molecular complexity index is 305. The number of ether oxygens (including phenoxy) is 1. The first-order valence-corrected chi connectivity index (χ1v) is 6.06. The third kappa shape index (κ3) is 3.53. The summed E-state index contributed by atoms with van der Waals surface area (Å²) >= 11 is 0. The van der Waals surface area contributed by atoms with Crippen LogP contribution in [0, 0.1) is 5.92 Å². The first-order valence-electron chi connectivity index (χ1n) is 6.06. The van der Waals surface area contributed by atoms with Gasteiger partial charge in [0.2, 0.25) is 0 Å². The molecule has 2 atom stereocenters. The number of benzene rings is 1. The van der Waals surface area contributed by atoms with Crippen LogP contribution in [0.4, 0.5) is 0 Å². The van der Waals surface area contributed by atoms with Crippen molar-refractivity contribution in [2.24, 2.45) is 11.7 Å². The zero-order chi connectivity index (χ0) is 12.1. The Morgan fingerprint density at radius 1 is 1.12 bits per heavy atom. The van der Waals surface area contributed by atoms with Crippen molar-refractivity contribution in [3.05, 3.63) is 29.8 Å². The zero-order valence-electron chi connectivity index (χ0n) is 10.7. The van der Waals surface area contributed by atoms with E-state index in [-0.39, 0.29) is 12.1 Å². The van der Waals surface area contributed by atoms with Crippen LogP contribution in [0.3, 0.4) is 0 Å². The van der Waals surface area contributed by atoms with Crippen LogP contribution in [0.1, 0.15) is 45.7 Å². The lowest BCUT2D eigenvalue weighted by atomic mass is 10.1. The number of nitrogens with two attached hydrogens (primary N) is 1. The number of rotatable bonds is 5. The molecular formula is C14H23NO. The zero-order valence-corrected chi connectivity index (χ0v) is 10.7. The van der Waals surface area contributed by atoms with Gasteiger partial charge in [0, 0.05) is 6.04 Å². The second kappa shape index (κ2) is 5.90. The molecule has 0 aliphatic heterocycles. The minimum absolute atomic E-state index is 0.136. The van der Waals surface area contributed by atoms with Crippen LogP contribution in [-0.2, 0) is 0 Å². The van der Waals surface area contributed by atoms with E-state index in [0.717, 1.165) is 12.2 Å². The summed E-state index contributed by atoms with van der Waals surface area (Å²) in [5, 5.41) is 0. The smallest absolute Gasteiger partial charge is 0.119 e. The summed E-state index contributed by atoms with van der Waals surface area (Å²) in [6, 6.07) is 8.25. The van der Waals surface area contributed by atoms with Gasteiger partial charge >= 0.3 is 0 Å². The lowest BCUT2D eigenvalue weighted by Crippen LogP contribution is -2.18. The molecule has 0 radical (unpaired) electrons. The summed E-state index contributed by atoms with van der Waals surface area (Å²) in [6.07, 6.45) is 1.20. The molecule has 90 valence electrons. The van der Waals surface area contributed by atoms with E-state index >= 15 is 0 Å². The summed E-state index contributed by atoms with van der Waals surface area (Å²) in [5.41, 5.74) is 7.13. The molecule has 1 unspecified atom stereocenters. The highest BCUT2D eigenvalue weighted by molar-refractivity contribution is 5.29. The molecule has 2 N–H and O–H groups in total. The lowest BCUT2D eigenvalue weighted by molar-refractivity contribution is 0.170. The standard InChI is InChI=1S/C14H23NO/c1-5-14(15)12-6-8-13(9-7-12)16-11(4)10(2)3/h6-11,14H,5,15H2,1-4H3/t11?,14-/m0/s1. The minimum Gasteiger partial charge on any atom is -0.490 e. The predicted molar refractivity (Wildman–Crippen MR) is 68.6 cm³/mol. The van der Waals surface area contributed by atoms with Crippen molar-refractivity contribution < 1.29 is 4.74 Å². The van der Waals surface area contributed by atoms with Crippen LogP contribution in [0.5, 0.6) is 5.75 Å². The van der Waals surface area contributed by atoms with Crippen molar-refractivity contribution >= 4 is 0 Å². The fraction of sp³-hybridized carbons (Fsp3) is 0.571. The SMILES string of the molecule is CC[C@H](N)c1ccc(OC(C)C(C)C)cc1. The molecule has 0 fully saturated rings. The molecule has 0 spiro atoms. The van der Waals surface area contributed by atoms with E-state index in [1.54, 1.807) is 0 Å². The molecular weight excluding hydrogens is 198 g/mol. The molecule has 2 heteroatoms.